The fraction of sp³-hybridized carbons (Fsp3) is 0.467. The second-order valence-corrected chi connectivity index (χ2v) is 5.46. The molecule has 1 saturated heterocycles. The summed E-state index contributed by atoms with van der Waals surface area (Å²) in [5.74, 6) is -0.0429. The van der Waals surface area contributed by atoms with Gasteiger partial charge in [0.15, 0.2) is 0 Å². The number of piperazine rings is 1. The number of urea groups is 1. The number of halogens is 1. The van der Waals surface area contributed by atoms with Crippen molar-refractivity contribution >= 4 is 23.5 Å². The molecular weight excluding hydrogens is 306 g/mol. The van der Waals surface area contributed by atoms with Gasteiger partial charge in [0.2, 0.25) is 5.91 Å². The summed E-state index contributed by atoms with van der Waals surface area (Å²) in [6, 6.07) is 7.27. The third-order valence-electron chi connectivity index (χ3n) is 3.58. The Hall–Kier alpha value is -1.79. The summed E-state index contributed by atoms with van der Waals surface area (Å²) < 4.78 is 4.83. The number of rotatable bonds is 4. The molecule has 3 amide bonds. The molecule has 0 aromatic heterocycles. The van der Waals surface area contributed by atoms with Crippen molar-refractivity contribution in [2.75, 3.05) is 39.9 Å². The van der Waals surface area contributed by atoms with E-state index in [1.165, 1.54) is 7.11 Å². The molecule has 0 bridgehead atoms. The second-order valence-electron chi connectivity index (χ2n) is 5.05. The van der Waals surface area contributed by atoms with Crippen LogP contribution in [0.15, 0.2) is 24.3 Å². The number of carbonyl (C=O) groups excluding carboxylic acids is 2. The zero-order valence-corrected chi connectivity index (χ0v) is 13.3. The summed E-state index contributed by atoms with van der Waals surface area (Å²) in [7, 11) is 1.50. The first-order valence-electron chi connectivity index (χ1n) is 7.14. The SMILES string of the molecule is COCC(=O)N1CCN(C(=O)NCc2ccccc2Cl)CC1. The number of nitrogens with zero attached hydrogens (tertiary/aromatic N) is 2. The number of nitrogens with one attached hydrogen (secondary N) is 1. The Morgan fingerprint density at radius 1 is 1.18 bits per heavy atom. The zero-order valence-electron chi connectivity index (χ0n) is 12.5. The highest BCUT2D eigenvalue weighted by Gasteiger charge is 2.23. The molecule has 0 radical (unpaired) electrons. The van der Waals surface area contributed by atoms with Crippen LogP contribution in [0.1, 0.15) is 5.56 Å². The lowest BCUT2D eigenvalue weighted by Gasteiger charge is -2.34. The van der Waals surface area contributed by atoms with Crippen LogP contribution in [0.5, 0.6) is 0 Å². The van der Waals surface area contributed by atoms with Crippen molar-refractivity contribution in [3.8, 4) is 0 Å². The van der Waals surface area contributed by atoms with Crippen LogP contribution >= 0.6 is 11.6 Å². The van der Waals surface area contributed by atoms with E-state index in [1.54, 1.807) is 15.9 Å². The summed E-state index contributed by atoms with van der Waals surface area (Å²) >= 11 is 6.06. The van der Waals surface area contributed by atoms with Gasteiger partial charge < -0.3 is 19.9 Å². The van der Waals surface area contributed by atoms with Crippen molar-refractivity contribution in [2.45, 2.75) is 6.54 Å². The lowest BCUT2D eigenvalue weighted by Crippen LogP contribution is -2.53. The monoisotopic (exact) mass is 325 g/mol. The molecule has 1 aromatic rings. The predicted molar refractivity (Wildman–Crippen MR) is 83.7 cm³/mol. The fourth-order valence-electron chi connectivity index (χ4n) is 2.30. The van der Waals surface area contributed by atoms with Crippen LogP contribution in [0.3, 0.4) is 0 Å². The normalized spacial score (nSPS) is 14.8. The minimum Gasteiger partial charge on any atom is -0.375 e. The smallest absolute Gasteiger partial charge is 0.317 e. The number of methoxy groups -OCH3 is 1. The van der Waals surface area contributed by atoms with Gasteiger partial charge in [-0.25, -0.2) is 4.79 Å². The number of carbonyl (C=O) groups is 2. The Morgan fingerprint density at radius 3 is 2.45 bits per heavy atom. The highest BCUT2D eigenvalue weighted by Crippen LogP contribution is 2.14. The topological polar surface area (TPSA) is 61.9 Å². The molecule has 1 heterocycles. The van der Waals surface area contributed by atoms with E-state index < -0.39 is 0 Å². The molecule has 22 heavy (non-hydrogen) atoms. The summed E-state index contributed by atoms with van der Waals surface area (Å²) in [5, 5.41) is 3.49. The van der Waals surface area contributed by atoms with Gasteiger partial charge in [-0.1, -0.05) is 29.8 Å². The maximum Gasteiger partial charge on any atom is 0.317 e. The molecule has 0 spiro atoms. The van der Waals surface area contributed by atoms with Gasteiger partial charge in [-0.3, -0.25) is 4.79 Å². The van der Waals surface area contributed by atoms with Gasteiger partial charge >= 0.3 is 6.03 Å². The average Bonchev–Trinajstić information content (AvgIpc) is 2.54. The van der Waals surface area contributed by atoms with E-state index in [-0.39, 0.29) is 18.5 Å². The van der Waals surface area contributed by atoms with Gasteiger partial charge in [-0.2, -0.15) is 0 Å². The molecule has 1 fully saturated rings. The number of hydrogen-bond donors (Lipinski definition) is 1. The Morgan fingerprint density at radius 2 is 1.82 bits per heavy atom. The highest BCUT2D eigenvalue weighted by molar-refractivity contribution is 6.31. The van der Waals surface area contributed by atoms with Crippen LogP contribution in [-0.4, -0.2) is 61.6 Å². The summed E-state index contributed by atoms with van der Waals surface area (Å²) in [5.41, 5.74) is 0.881. The van der Waals surface area contributed by atoms with Crippen molar-refractivity contribution < 1.29 is 14.3 Å². The third-order valence-corrected chi connectivity index (χ3v) is 3.94. The van der Waals surface area contributed by atoms with Crippen LogP contribution in [0.25, 0.3) is 0 Å². The molecule has 120 valence electrons. The van der Waals surface area contributed by atoms with Crippen molar-refractivity contribution in [1.82, 2.24) is 15.1 Å². The van der Waals surface area contributed by atoms with E-state index in [9.17, 15) is 9.59 Å². The van der Waals surface area contributed by atoms with E-state index in [4.69, 9.17) is 16.3 Å². The Balaban J connectivity index is 1.78. The van der Waals surface area contributed by atoms with Gasteiger partial charge in [0.1, 0.15) is 6.61 Å². The molecule has 1 aromatic carbocycles. The van der Waals surface area contributed by atoms with Gasteiger partial charge in [-0.15, -0.1) is 0 Å². The van der Waals surface area contributed by atoms with Crippen molar-refractivity contribution in [2.24, 2.45) is 0 Å². The van der Waals surface area contributed by atoms with E-state index >= 15 is 0 Å². The molecule has 0 unspecified atom stereocenters. The maximum atomic E-state index is 12.1. The van der Waals surface area contributed by atoms with Crippen molar-refractivity contribution in [3.05, 3.63) is 34.9 Å². The number of amides is 3. The van der Waals surface area contributed by atoms with Crippen LogP contribution in [0.2, 0.25) is 5.02 Å². The Kier molecular flexibility index (Phi) is 6.03. The van der Waals surface area contributed by atoms with Crippen LogP contribution < -0.4 is 5.32 Å². The van der Waals surface area contributed by atoms with E-state index in [0.29, 0.717) is 37.7 Å². The molecular formula is C15H20ClN3O3. The van der Waals surface area contributed by atoms with Gasteiger partial charge in [0.25, 0.3) is 0 Å². The summed E-state index contributed by atoms with van der Waals surface area (Å²) in [6.45, 7) is 2.57. The predicted octanol–water partition coefficient (Wildman–Crippen LogP) is 1.34. The fourth-order valence-corrected chi connectivity index (χ4v) is 2.50. The minimum atomic E-state index is -0.140. The Labute approximate surface area is 135 Å². The number of hydrogen-bond acceptors (Lipinski definition) is 3. The van der Waals surface area contributed by atoms with Gasteiger partial charge in [-0.05, 0) is 11.6 Å². The van der Waals surface area contributed by atoms with Crippen LogP contribution in [0, 0.1) is 0 Å². The number of ether oxygens (including phenoxy) is 1. The van der Waals surface area contributed by atoms with Gasteiger partial charge in [0.05, 0.1) is 0 Å². The molecule has 2 rings (SSSR count). The molecule has 1 N–H and O–H groups in total. The van der Waals surface area contributed by atoms with E-state index in [1.807, 2.05) is 18.2 Å². The molecule has 1 aliphatic heterocycles. The molecule has 0 aliphatic carbocycles. The molecule has 6 nitrogen and oxygen atoms in total. The quantitative estimate of drug-likeness (QED) is 0.908. The highest BCUT2D eigenvalue weighted by atomic mass is 35.5. The lowest BCUT2D eigenvalue weighted by atomic mass is 10.2. The van der Waals surface area contributed by atoms with Crippen molar-refractivity contribution in [3.63, 3.8) is 0 Å². The summed E-state index contributed by atoms with van der Waals surface area (Å²) in [4.78, 5) is 27.2. The third kappa shape index (κ3) is 4.35. The first-order valence-corrected chi connectivity index (χ1v) is 7.52. The maximum absolute atomic E-state index is 12.1. The van der Waals surface area contributed by atoms with Gasteiger partial charge in [0, 0.05) is 44.9 Å². The standard InChI is InChI=1S/C15H20ClN3O3/c1-22-11-14(20)18-6-8-19(9-7-18)15(21)17-10-12-4-2-3-5-13(12)16/h2-5H,6-11H2,1H3,(H,17,21). The first-order chi connectivity index (χ1) is 10.6. The lowest BCUT2D eigenvalue weighted by molar-refractivity contribution is -0.136. The molecule has 0 atom stereocenters. The second kappa shape index (κ2) is 8.00. The molecule has 1 aliphatic rings. The Bertz CT molecular complexity index is 531. The molecule has 0 saturated carbocycles. The first kappa shape index (κ1) is 16.6. The van der Waals surface area contributed by atoms with E-state index in [0.717, 1.165) is 5.56 Å². The zero-order chi connectivity index (χ0) is 15.9. The van der Waals surface area contributed by atoms with E-state index in [2.05, 4.69) is 5.32 Å². The van der Waals surface area contributed by atoms with Crippen LogP contribution in [-0.2, 0) is 16.1 Å². The largest absolute Gasteiger partial charge is 0.375 e. The minimum absolute atomic E-state index is 0.0429. The average molecular weight is 326 g/mol. The van der Waals surface area contributed by atoms with Crippen LogP contribution in [0.4, 0.5) is 4.79 Å². The summed E-state index contributed by atoms with van der Waals surface area (Å²) in [6.07, 6.45) is 0. The number of benzene rings is 1. The molecule has 7 heteroatoms. The van der Waals surface area contributed by atoms with Crippen molar-refractivity contribution in [1.29, 1.82) is 0 Å².